The van der Waals surface area contributed by atoms with E-state index in [1.807, 2.05) is 33.6 Å². The average molecular weight is 635 g/mol. The number of hydrogen-bond donors (Lipinski definition) is 0. The molecule has 0 aliphatic heterocycles. The lowest BCUT2D eigenvalue weighted by atomic mass is 10.0. The van der Waals surface area contributed by atoms with Crippen molar-refractivity contribution < 1.29 is 0 Å². The van der Waals surface area contributed by atoms with Gasteiger partial charge in [0.05, 0.1) is 20.5 Å². The van der Waals surface area contributed by atoms with Gasteiger partial charge in [0, 0.05) is 29.4 Å². The molecule has 0 fully saturated rings. The largest absolute Gasteiger partial charge is 0.236 e. The molecule has 0 bridgehead atoms. The summed E-state index contributed by atoms with van der Waals surface area (Å²) in [7, 11) is 0. The molecule has 0 spiro atoms. The first-order chi connectivity index (χ1) is 18.1. The van der Waals surface area contributed by atoms with Crippen LogP contribution in [0.15, 0.2) is 89.2 Å². The third-order valence-corrected chi connectivity index (χ3v) is 9.21. The molecule has 0 aliphatic carbocycles. The Morgan fingerprint density at radius 1 is 0.838 bits per heavy atom. The predicted octanol–water partition coefficient (Wildman–Crippen LogP) is 7.09. The van der Waals surface area contributed by atoms with Crippen LogP contribution in [0.25, 0.3) is 22.4 Å². The van der Waals surface area contributed by atoms with Crippen LogP contribution in [-0.4, -0.2) is 34.3 Å². The Hall–Kier alpha value is -2.89. The first kappa shape index (κ1) is 24.4. The highest BCUT2D eigenvalue weighted by Gasteiger charge is 2.21. The maximum Gasteiger partial charge on any atom is 0.169 e. The highest BCUT2D eigenvalue weighted by atomic mass is 127. The SMILES string of the molecule is Cc1nc2c(-c3ccccc3)c(C)nn2c(SCSc2ccnc3c(I)cnn23)c1Cc1ccccc1. The van der Waals surface area contributed by atoms with Gasteiger partial charge in [-0.2, -0.15) is 10.2 Å². The summed E-state index contributed by atoms with van der Waals surface area (Å²) < 4.78 is 5.01. The zero-order valence-electron chi connectivity index (χ0n) is 20.3. The third kappa shape index (κ3) is 4.75. The van der Waals surface area contributed by atoms with Crippen molar-refractivity contribution >= 4 is 57.4 Å². The zero-order valence-corrected chi connectivity index (χ0v) is 24.1. The Balaban J connectivity index is 1.42. The summed E-state index contributed by atoms with van der Waals surface area (Å²) in [6.45, 7) is 4.18. The van der Waals surface area contributed by atoms with Crippen molar-refractivity contribution in [3.8, 4) is 11.1 Å². The first-order valence-corrected chi connectivity index (χ1v) is 14.9. The Morgan fingerprint density at radius 2 is 1.59 bits per heavy atom. The van der Waals surface area contributed by atoms with Crippen LogP contribution < -0.4 is 0 Å². The number of halogens is 1. The number of thioether (sulfide) groups is 2. The van der Waals surface area contributed by atoms with Gasteiger partial charge in [0.1, 0.15) is 10.1 Å². The standard InChI is InChI=1S/C28H23IN6S2/c1-18-22(15-20-9-5-3-6-10-20)28(37-17-36-24-13-14-30-26-23(29)16-31-34(24)26)35-27(32-18)25(19(2)33-35)21-11-7-4-8-12-21/h3-14,16H,15,17H2,1-2H3. The zero-order chi connectivity index (χ0) is 25.4. The molecule has 6 rings (SSSR count). The molecule has 0 N–H and O–H groups in total. The van der Waals surface area contributed by atoms with E-state index in [2.05, 4.69) is 101 Å². The van der Waals surface area contributed by atoms with Gasteiger partial charge in [-0.15, -0.1) is 0 Å². The minimum Gasteiger partial charge on any atom is -0.236 e. The van der Waals surface area contributed by atoms with Crippen molar-refractivity contribution in [1.29, 1.82) is 0 Å². The maximum atomic E-state index is 5.10. The summed E-state index contributed by atoms with van der Waals surface area (Å²) >= 11 is 5.83. The van der Waals surface area contributed by atoms with E-state index in [0.29, 0.717) is 0 Å². The van der Waals surface area contributed by atoms with E-state index >= 15 is 0 Å². The lowest BCUT2D eigenvalue weighted by molar-refractivity contribution is 0.793. The second-order valence-electron chi connectivity index (χ2n) is 8.62. The van der Waals surface area contributed by atoms with Gasteiger partial charge in [0.15, 0.2) is 11.3 Å². The molecule has 0 radical (unpaired) electrons. The van der Waals surface area contributed by atoms with Gasteiger partial charge < -0.3 is 0 Å². The Labute approximate surface area is 237 Å². The molecule has 184 valence electrons. The second-order valence-corrected chi connectivity index (χ2v) is 12.1. The fraction of sp³-hybridized carbons (Fsp3) is 0.143. The molecule has 37 heavy (non-hydrogen) atoms. The molecule has 4 aromatic heterocycles. The van der Waals surface area contributed by atoms with Crippen LogP contribution in [0.3, 0.4) is 0 Å². The van der Waals surface area contributed by atoms with Gasteiger partial charge in [-0.3, -0.25) is 0 Å². The van der Waals surface area contributed by atoms with Crippen LogP contribution >= 0.6 is 46.1 Å². The first-order valence-electron chi connectivity index (χ1n) is 11.8. The highest BCUT2D eigenvalue weighted by molar-refractivity contribution is 14.1. The quantitative estimate of drug-likeness (QED) is 0.0809. The molecular formula is C28H23IN6S2. The Bertz CT molecular complexity index is 1710. The fourth-order valence-electron chi connectivity index (χ4n) is 4.46. The van der Waals surface area contributed by atoms with Gasteiger partial charge in [0.2, 0.25) is 0 Å². The van der Waals surface area contributed by atoms with Crippen molar-refractivity contribution in [2.24, 2.45) is 0 Å². The molecule has 0 saturated carbocycles. The van der Waals surface area contributed by atoms with Crippen LogP contribution in [0.4, 0.5) is 0 Å². The molecule has 0 saturated heterocycles. The number of rotatable bonds is 7. The summed E-state index contributed by atoms with van der Waals surface area (Å²) in [6.07, 6.45) is 4.51. The molecule has 0 atom stereocenters. The molecule has 0 amide bonds. The van der Waals surface area contributed by atoms with E-state index in [4.69, 9.17) is 10.1 Å². The number of aromatic nitrogens is 6. The van der Waals surface area contributed by atoms with E-state index in [1.165, 1.54) is 11.1 Å². The Kier molecular flexibility index (Phi) is 6.92. The lowest BCUT2D eigenvalue weighted by Crippen LogP contribution is -2.06. The summed E-state index contributed by atoms with van der Waals surface area (Å²) in [6, 6.07) is 23.0. The van der Waals surface area contributed by atoms with Gasteiger partial charge >= 0.3 is 0 Å². The average Bonchev–Trinajstić information content (AvgIpc) is 3.46. The monoisotopic (exact) mass is 634 g/mol. The maximum absolute atomic E-state index is 5.10. The molecule has 6 aromatic rings. The topological polar surface area (TPSA) is 60.4 Å². The van der Waals surface area contributed by atoms with Crippen LogP contribution in [-0.2, 0) is 6.42 Å². The van der Waals surface area contributed by atoms with Crippen LogP contribution in [0.1, 0.15) is 22.5 Å². The minimum atomic E-state index is 0.801. The number of benzene rings is 2. The lowest BCUT2D eigenvalue weighted by Gasteiger charge is -2.14. The summed E-state index contributed by atoms with van der Waals surface area (Å²) in [5.41, 5.74) is 8.49. The number of fused-ring (bicyclic) bond motifs is 2. The molecule has 6 nitrogen and oxygen atoms in total. The molecule has 9 heteroatoms. The van der Waals surface area contributed by atoms with Crippen molar-refractivity contribution in [2.75, 3.05) is 5.08 Å². The second kappa shape index (κ2) is 10.5. The van der Waals surface area contributed by atoms with Gasteiger partial charge in [0.25, 0.3) is 0 Å². The van der Waals surface area contributed by atoms with E-state index < -0.39 is 0 Å². The minimum absolute atomic E-state index is 0.801. The number of aryl methyl sites for hydroxylation is 2. The van der Waals surface area contributed by atoms with Crippen LogP contribution in [0.2, 0.25) is 0 Å². The van der Waals surface area contributed by atoms with Gasteiger partial charge in [-0.1, -0.05) is 84.2 Å². The van der Waals surface area contributed by atoms with Gasteiger partial charge in [-0.05, 0) is 53.6 Å². The normalized spacial score (nSPS) is 11.5. The van der Waals surface area contributed by atoms with Crippen molar-refractivity contribution in [3.05, 3.63) is 105 Å². The summed E-state index contributed by atoms with van der Waals surface area (Å²) in [5, 5.41) is 12.5. The van der Waals surface area contributed by atoms with E-state index in [9.17, 15) is 0 Å². The Morgan fingerprint density at radius 3 is 2.38 bits per heavy atom. The number of hydrogen-bond acceptors (Lipinski definition) is 6. The van der Waals surface area contributed by atoms with E-state index in [-0.39, 0.29) is 0 Å². The molecule has 0 unspecified atom stereocenters. The van der Waals surface area contributed by atoms with Crippen molar-refractivity contribution in [2.45, 2.75) is 30.3 Å². The van der Waals surface area contributed by atoms with Crippen LogP contribution in [0, 0.1) is 17.4 Å². The highest BCUT2D eigenvalue weighted by Crippen LogP contribution is 2.36. The van der Waals surface area contributed by atoms with E-state index in [0.717, 1.165) is 58.9 Å². The molecule has 4 heterocycles. The molecular weight excluding hydrogens is 611 g/mol. The fourth-order valence-corrected chi connectivity index (χ4v) is 7.17. The van der Waals surface area contributed by atoms with Crippen molar-refractivity contribution in [1.82, 2.24) is 29.2 Å². The van der Waals surface area contributed by atoms with Crippen molar-refractivity contribution in [3.63, 3.8) is 0 Å². The molecule has 2 aromatic carbocycles. The smallest absolute Gasteiger partial charge is 0.169 e. The predicted molar refractivity (Wildman–Crippen MR) is 159 cm³/mol. The molecule has 0 aliphatic rings. The van der Waals surface area contributed by atoms with E-state index in [1.54, 1.807) is 23.5 Å². The number of nitrogens with zero attached hydrogens (tertiary/aromatic N) is 6. The van der Waals surface area contributed by atoms with Crippen LogP contribution in [0.5, 0.6) is 0 Å². The third-order valence-electron chi connectivity index (χ3n) is 6.21. The van der Waals surface area contributed by atoms with Gasteiger partial charge in [-0.25, -0.2) is 19.0 Å². The summed E-state index contributed by atoms with van der Waals surface area (Å²) in [5.74, 6) is 0. The summed E-state index contributed by atoms with van der Waals surface area (Å²) in [4.78, 5) is 9.57.